The molecule has 1 aliphatic rings. The molecule has 1 aliphatic heterocycles. The van der Waals surface area contributed by atoms with E-state index in [1.54, 1.807) is 24.3 Å². The van der Waals surface area contributed by atoms with E-state index >= 15 is 0 Å². The summed E-state index contributed by atoms with van der Waals surface area (Å²) in [7, 11) is -4.07. The number of carbonyl (C=O) groups excluding carboxylic acids is 2. The number of amides is 2. The third-order valence-electron chi connectivity index (χ3n) is 5.40. The predicted octanol–water partition coefficient (Wildman–Crippen LogP) is 3.54. The van der Waals surface area contributed by atoms with E-state index in [4.69, 9.17) is 0 Å². The van der Waals surface area contributed by atoms with Crippen LogP contribution >= 0.6 is 0 Å². The fourth-order valence-electron chi connectivity index (χ4n) is 3.78. The third kappa shape index (κ3) is 4.94. The van der Waals surface area contributed by atoms with Crippen molar-refractivity contribution in [1.82, 2.24) is 4.31 Å². The van der Waals surface area contributed by atoms with Crippen LogP contribution < -0.4 is 10.6 Å². The fourth-order valence-corrected chi connectivity index (χ4v) is 5.35. The number of nitrogens with zero attached hydrogens (tertiary/aromatic N) is 1. The number of hydrogen-bond acceptors (Lipinski definition) is 4. The van der Waals surface area contributed by atoms with Crippen molar-refractivity contribution in [3.05, 3.63) is 89.7 Å². The second-order valence-electron chi connectivity index (χ2n) is 7.74. The van der Waals surface area contributed by atoms with Crippen molar-refractivity contribution in [2.45, 2.75) is 30.8 Å². The van der Waals surface area contributed by atoms with Crippen LogP contribution in [0.2, 0.25) is 0 Å². The zero-order chi connectivity index (χ0) is 23.6. The van der Waals surface area contributed by atoms with Gasteiger partial charge in [0.15, 0.2) is 0 Å². The predicted molar refractivity (Wildman–Crippen MR) is 122 cm³/mol. The molecule has 33 heavy (non-hydrogen) atoms. The van der Waals surface area contributed by atoms with Gasteiger partial charge in [0.25, 0.3) is 0 Å². The normalized spacial score (nSPS) is 16.0. The van der Waals surface area contributed by atoms with E-state index in [1.807, 2.05) is 24.3 Å². The molecule has 0 saturated carbocycles. The number of rotatable bonds is 5. The molecule has 9 heteroatoms. The smallest absolute Gasteiger partial charge is 0.244 e. The van der Waals surface area contributed by atoms with Crippen LogP contribution in [0.4, 0.5) is 15.8 Å². The van der Waals surface area contributed by atoms with Gasteiger partial charge in [-0.3, -0.25) is 9.59 Å². The molecule has 0 aliphatic carbocycles. The lowest BCUT2D eigenvalue weighted by molar-refractivity contribution is -0.120. The van der Waals surface area contributed by atoms with Gasteiger partial charge in [-0.05, 0) is 66.1 Å². The van der Waals surface area contributed by atoms with Crippen molar-refractivity contribution in [1.29, 1.82) is 0 Å². The van der Waals surface area contributed by atoms with E-state index in [1.165, 1.54) is 19.1 Å². The number of hydrogen-bond donors (Lipinski definition) is 2. The average molecular weight is 468 g/mol. The Kier molecular flexibility index (Phi) is 6.26. The van der Waals surface area contributed by atoms with Gasteiger partial charge in [-0.2, -0.15) is 4.31 Å². The van der Waals surface area contributed by atoms with Gasteiger partial charge < -0.3 is 10.6 Å². The van der Waals surface area contributed by atoms with Crippen LogP contribution in [-0.4, -0.2) is 30.6 Å². The molecular formula is C24H22FN3O4S. The van der Waals surface area contributed by atoms with Crippen molar-refractivity contribution in [2.24, 2.45) is 0 Å². The molecule has 3 aromatic carbocycles. The van der Waals surface area contributed by atoms with Crippen LogP contribution in [0, 0.1) is 5.82 Å². The quantitative estimate of drug-likeness (QED) is 0.600. The van der Waals surface area contributed by atoms with E-state index in [0.717, 1.165) is 27.6 Å². The maximum atomic E-state index is 13.4. The molecule has 0 bridgehead atoms. The molecule has 1 heterocycles. The summed E-state index contributed by atoms with van der Waals surface area (Å²) in [4.78, 5) is 24.3. The summed E-state index contributed by atoms with van der Waals surface area (Å²) in [5.41, 5.74) is 2.75. The molecule has 7 nitrogen and oxygen atoms in total. The molecule has 4 rings (SSSR count). The Labute approximate surface area is 191 Å². The first-order valence-corrected chi connectivity index (χ1v) is 11.7. The Balaban J connectivity index is 1.64. The lowest BCUT2D eigenvalue weighted by Gasteiger charge is -2.35. The summed E-state index contributed by atoms with van der Waals surface area (Å²) in [5.74, 6) is -1.24. The highest BCUT2D eigenvalue weighted by atomic mass is 32.2. The standard InChI is InChI=1S/C24H22FN3O4S/c1-16(29)26-20-8-10-21(11-9-20)27-24(30)23-14-17-4-2-3-5-18(17)15-28(23)33(31,32)22-12-6-19(25)7-13-22/h2-13,23H,14-15H2,1H3,(H,26,29)(H,27,30)/t23-/m1/s1. The van der Waals surface area contributed by atoms with Gasteiger partial charge in [-0.15, -0.1) is 0 Å². The summed E-state index contributed by atoms with van der Waals surface area (Å²) in [6.07, 6.45) is 0.201. The largest absolute Gasteiger partial charge is 0.326 e. The number of carbonyl (C=O) groups is 2. The lowest BCUT2D eigenvalue weighted by atomic mass is 9.95. The van der Waals surface area contributed by atoms with E-state index < -0.39 is 27.8 Å². The molecule has 0 unspecified atom stereocenters. The molecule has 0 spiro atoms. The average Bonchev–Trinajstić information content (AvgIpc) is 2.79. The molecule has 0 radical (unpaired) electrons. The summed E-state index contributed by atoms with van der Waals surface area (Å²) in [6.45, 7) is 1.42. The van der Waals surface area contributed by atoms with Gasteiger partial charge in [0.2, 0.25) is 21.8 Å². The van der Waals surface area contributed by atoms with Gasteiger partial charge in [0.1, 0.15) is 11.9 Å². The minimum absolute atomic E-state index is 0.0233. The third-order valence-corrected chi connectivity index (χ3v) is 7.27. The Bertz CT molecular complexity index is 1290. The van der Waals surface area contributed by atoms with Crippen LogP contribution in [0.1, 0.15) is 18.1 Å². The number of anilines is 2. The summed E-state index contributed by atoms with van der Waals surface area (Å²) in [5, 5.41) is 5.41. The van der Waals surface area contributed by atoms with Crippen molar-refractivity contribution < 1.29 is 22.4 Å². The van der Waals surface area contributed by atoms with Crippen LogP contribution in [0.25, 0.3) is 0 Å². The summed E-state index contributed by atoms with van der Waals surface area (Å²) in [6, 6.07) is 17.5. The molecule has 2 amide bonds. The van der Waals surface area contributed by atoms with Crippen molar-refractivity contribution in [3.8, 4) is 0 Å². The van der Waals surface area contributed by atoms with Gasteiger partial charge >= 0.3 is 0 Å². The molecule has 1 atom stereocenters. The van der Waals surface area contributed by atoms with E-state index in [9.17, 15) is 22.4 Å². The number of benzene rings is 3. The minimum Gasteiger partial charge on any atom is -0.326 e. The molecule has 0 saturated heterocycles. The second kappa shape index (κ2) is 9.13. The molecule has 170 valence electrons. The zero-order valence-corrected chi connectivity index (χ0v) is 18.6. The van der Waals surface area contributed by atoms with E-state index in [-0.39, 0.29) is 23.8 Å². The number of halogens is 1. The monoisotopic (exact) mass is 467 g/mol. The van der Waals surface area contributed by atoms with E-state index in [0.29, 0.717) is 11.4 Å². The fraction of sp³-hybridized carbons (Fsp3) is 0.167. The summed E-state index contributed by atoms with van der Waals surface area (Å²) < 4.78 is 41.3. The highest BCUT2D eigenvalue weighted by Crippen LogP contribution is 2.30. The van der Waals surface area contributed by atoms with Crippen LogP contribution in [-0.2, 0) is 32.6 Å². The molecular weight excluding hydrogens is 445 g/mol. The van der Waals surface area contributed by atoms with Gasteiger partial charge in [0.05, 0.1) is 4.90 Å². The number of nitrogens with one attached hydrogen (secondary N) is 2. The molecule has 0 aromatic heterocycles. The first-order valence-electron chi connectivity index (χ1n) is 10.3. The number of fused-ring (bicyclic) bond motifs is 1. The molecule has 3 aromatic rings. The van der Waals surface area contributed by atoms with Crippen molar-refractivity contribution >= 4 is 33.2 Å². The van der Waals surface area contributed by atoms with Crippen LogP contribution in [0.3, 0.4) is 0 Å². The SMILES string of the molecule is CC(=O)Nc1ccc(NC(=O)[C@H]2Cc3ccccc3CN2S(=O)(=O)c2ccc(F)cc2)cc1. The Hall–Kier alpha value is -3.56. The highest BCUT2D eigenvalue weighted by molar-refractivity contribution is 7.89. The van der Waals surface area contributed by atoms with Gasteiger partial charge in [0, 0.05) is 24.8 Å². The molecule has 0 fully saturated rings. The number of sulfonamides is 1. The maximum Gasteiger partial charge on any atom is 0.244 e. The Morgan fingerprint density at radius 3 is 2.06 bits per heavy atom. The van der Waals surface area contributed by atoms with Crippen molar-refractivity contribution in [3.63, 3.8) is 0 Å². The summed E-state index contributed by atoms with van der Waals surface area (Å²) >= 11 is 0. The minimum atomic E-state index is -4.07. The maximum absolute atomic E-state index is 13.4. The Morgan fingerprint density at radius 2 is 1.45 bits per heavy atom. The Morgan fingerprint density at radius 1 is 0.879 bits per heavy atom. The molecule has 2 N–H and O–H groups in total. The topological polar surface area (TPSA) is 95.6 Å². The highest BCUT2D eigenvalue weighted by Gasteiger charge is 2.39. The van der Waals surface area contributed by atoms with Gasteiger partial charge in [-0.25, -0.2) is 12.8 Å². The first kappa shape index (κ1) is 22.6. The zero-order valence-electron chi connectivity index (χ0n) is 17.8. The van der Waals surface area contributed by atoms with Crippen molar-refractivity contribution in [2.75, 3.05) is 10.6 Å². The lowest BCUT2D eigenvalue weighted by Crippen LogP contribution is -2.50. The van der Waals surface area contributed by atoms with Gasteiger partial charge in [-0.1, -0.05) is 24.3 Å². The van der Waals surface area contributed by atoms with Crippen LogP contribution in [0.15, 0.2) is 77.7 Å². The van der Waals surface area contributed by atoms with E-state index in [2.05, 4.69) is 10.6 Å². The van der Waals surface area contributed by atoms with Crippen LogP contribution in [0.5, 0.6) is 0 Å². The first-order chi connectivity index (χ1) is 15.7. The second-order valence-corrected chi connectivity index (χ2v) is 9.63.